The van der Waals surface area contributed by atoms with Gasteiger partial charge in [0.25, 0.3) is 0 Å². The van der Waals surface area contributed by atoms with Crippen LogP contribution in [0.4, 0.5) is 0 Å². The Kier molecular flexibility index (Phi) is 4.45. The maximum atomic E-state index is 12.3. The fourth-order valence-corrected chi connectivity index (χ4v) is 2.36. The van der Waals surface area contributed by atoms with Crippen molar-refractivity contribution in [1.29, 1.82) is 0 Å². The molecule has 0 spiro atoms. The third kappa shape index (κ3) is 3.47. The summed E-state index contributed by atoms with van der Waals surface area (Å²) < 4.78 is 5.24. The Bertz CT molecular complexity index is 459. The lowest BCUT2D eigenvalue weighted by Crippen LogP contribution is -2.57. The van der Waals surface area contributed by atoms with Crippen LogP contribution >= 0.6 is 11.6 Å². The molecule has 1 amide bonds. The molecule has 1 heterocycles. The van der Waals surface area contributed by atoms with E-state index >= 15 is 0 Å². The second-order valence-electron chi connectivity index (χ2n) is 5.02. The third-order valence-electron chi connectivity index (χ3n) is 3.53. The number of rotatable bonds is 3. The van der Waals surface area contributed by atoms with Crippen LogP contribution in [0.1, 0.15) is 31.4 Å². The summed E-state index contributed by atoms with van der Waals surface area (Å²) in [7, 11) is 0. The molecular weight excluding hydrogens is 264 g/mol. The molecule has 5 heteroatoms. The summed E-state index contributed by atoms with van der Waals surface area (Å²) >= 11 is 5.95. The van der Waals surface area contributed by atoms with E-state index in [4.69, 9.17) is 22.1 Å². The summed E-state index contributed by atoms with van der Waals surface area (Å²) in [5.41, 5.74) is 6.30. The normalized spacial score (nSPS) is 19.7. The van der Waals surface area contributed by atoms with Gasteiger partial charge in [-0.3, -0.25) is 4.79 Å². The molecule has 1 atom stereocenters. The van der Waals surface area contributed by atoms with Crippen LogP contribution in [0.2, 0.25) is 5.02 Å². The molecule has 1 aromatic rings. The van der Waals surface area contributed by atoms with Crippen LogP contribution < -0.4 is 11.1 Å². The average molecular weight is 283 g/mol. The van der Waals surface area contributed by atoms with Crippen molar-refractivity contribution in [3.8, 4) is 0 Å². The lowest BCUT2D eigenvalue weighted by atomic mass is 9.90. The van der Waals surface area contributed by atoms with Gasteiger partial charge in [0.2, 0.25) is 5.91 Å². The van der Waals surface area contributed by atoms with Crippen LogP contribution in [0.3, 0.4) is 0 Å². The Morgan fingerprint density at radius 3 is 2.79 bits per heavy atom. The van der Waals surface area contributed by atoms with E-state index < -0.39 is 5.54 Å². The highest BCUT2D eigenvalue weighted by atomic mass is 35.5. The molecule has 19 heavy (non-hydrogen) atoms. The van der Waals surface area contributed by atoms with Gasteiger partial charge in [0, 0.05) is 18.2 Å². The van der Waals surface area contributed by atoms with Crippen LogP contribution in [-0.4, -0.2) is 24.7 Å². The van der Waals surface area contributed by atoms with E-state index in [1.165, 1.54) is 0 Å². The van der Waals surface area contributed by atoms with E-state index in [2.05, 4.69) is 5.32 Å². The van der Waals surface area contributed by atoms with Crippen LogP contribution in [0.25, 0.3) is 0 Å². The molecule has 3 N–H and O–H groups in total. The van der Waals surface area contributed by atoms with E-state index in [-0.39, 0.29) is 11.9 Å². The van der Waals surface area contributed by atoms with E-state index in [0.29, 0.717) is 31.1 Å². The molecular formula is C14H19ClN2O2. The maximum absolute atomic E-state index is 12.3. The van der Waals surface area contributed by atoms with Gasteiger partial charge >= 0.3 is 0 Å². The number of carbonyl (C=O) groups is 1. The third-order valence-corrected chi connectivity index (χ3v) is 3.77. The van der Waals surface area contributed by atoms with E-state index in [0.717, 1.165) is 5.56 Å². The Morgan fingerprint density at radius 2 is 2.16 bits per heavy atom. The number of benzene rings is 1. The van der Waals surface area contributed by atoms with Crippen molar-refractivity contribution in [1.82, 2.24) is 5.32 Å². The molecule has 0 aliphatic carbocycles. The Labute approximate surface area is 118 Å². The largest absolute Gasteiger partial charge is 0.381 e. The zero-order chi connectivity index (χ0) is 13.9. The first-order valence-corrected chi connectivity index (χ1v) is 6.82. The molecule has 1 saturated heterocycles. The zero-order valence-corrected chi connectivity index (χ0v) is 11.7. The number of ether oxygens (including phenoxy) is 1. The number of halogens is 1. The topological polar surface area (TPSA) is 64.4 Å². The quantitative estimate of drug-likeness (QED) is 0.891. The minimum absolute atomic E-state index is 0.116. The van der Waals surface area contributed by atoms with Gasteiger partial charge in [-0.25, -0.2) is 0 Å². The number of hydrogen-bond acceptors (Lipinski definition) is 3. The smallest absolute Gasteiger partial charge is 0.240 e. The van der Waals surface area contributed by atoms with Crippen molar-refractivity contribution in [2.24, 2.45) is 5.73 Å². The number of amides is 1. The predicted molar refractivity (Wildman–Crippen MR) is 75.0 cm³/mol. The minimum atomic E-state index is -0.814. The molecule has 0 saturated carbocycles. The summed E-state index contributed by atoms with van der Waals surface area (Å²) in [5, 5.41) is 3.61. The fourth-order valence-electron chi connectivity index (χ4n) is 2.16. The lowest BCUT2D eigenvalue weighted by Gasteiger charge is -2.33. The van der Waals surface area contributed by atoms with Crippen molar-refractivity contribution in [3.63, 3.8) is 0 Å². The van der Waals surface area contributed by atoms with Crippen LogP contribution in [-0.2, 0) is 9.53 Å². The molecule has 0 radical (unpaired) electrons. The Morgan fingerprint density at radius 1 is 1.47 bits per heavy atom. The van der Waals surface area contributed by atoms with Crippen LogP contribution in [0.5, 0.6) is 0 Å². The highest BCUT2D eigenvalue weighted by Gasteiger charge is 2.36. The molecule has 0 unspecified atom stereocenters. The van der Waals surface area contributed by atoms with Crippen LogP contribution in [0.15, 0.2) is 24.3 Å². The highest BCUT2D eigenvalue weighted by Crippen LogP contribution is 2.21. The summed E-state index contributed by atoms with van der Waals surface area (Å²) in [6.07, 6.45) is 1.11. The van der Waals surface area contributed by atoms with Crippen molar-refractivity contribution in [3.05, 3.63) is 34.9 Å². The molecule has 1 aromatic carbocycles. The van der Waals surface area contributed by atoms with Crippen molar-refractivity contribution < 1.29 is 9.53 Å². The van der Waals surface area contributed by atoms with Gasteiger partial charge in [-0.1, -0.05) is 23.7 Å². The molecule has 1 aliphatic rings. The van der Waals surface area contributed by atoms with Gasteiger partial charge in [0.15, 0.2) is 0 Å². The first kappa shape index (κ1) is 14.3. The fraction of sp³-hybridized carbons (Fsp3) is 0.500. The molecule has 0 bridgehead atoms. The maximum Gasteiger partial charge on any atom is 0.240 e. The molecule has 104 valence electrons. The van der Waals surface area contributed by atoms with Crippen LogP contribution in [0, 0.1) is 0 Å². The van der Waals surface area contributed by atoms with Crippen molar-refractivity contribution >= 4 is 17.5 Å². The molecule has 1 fully saturated rings. The lowest BCUT2D eigenvalue weighted by molar-refractivity contribution is -0.130. The van der Waals surface area contributed by atoms with Crippen molar-refractivity contribution in [2.45, 2.75) is 31.3 Å². The Balaban J connectivity index is 2.02. The van der Waals surface area contributed by atoms with Crippen molar-refractivity contribution in [2.75, 3.05) is 13.2 Å². The summed E-state index contributed by atoms with van der Waals surface area (Å²) in [5.74, 6) is -0.122. The van der Waals surface area contributed by atoms with E-state index in [1.54, 1.807) is 0 Å². The van der Waals surface area contributed by atoms with Gasteiger partial charge in [-0.05, 0) is 37.5 Å². The number of hydrogen-bond donors (Lipinski definition) is 2. The van der Waals surface area contributed by atoms with Gasteiger partial charge in [0.05, 0.1) is 11.6 Å². The van der Waals surface area contributed by atoms with E-state index in [1.807, 2.05) is 31.2 Å². The van der Waals surface area contributed by atoms with Gasteiger partial charge < -0.3 is 15.8 Å². The van der Waals surface area contributed by atoms with Gasteiger partial charge in [0.1, 0.15) is 0 Å². The number of nitrogens with two attached hydrogens (primary N) is 1. The standard InChI is InChI=1S/C14H19ClN2O2/c1-10(11-3-2-4-12(15)9-11)17-13(18)14(16)5-7-19-8-6-14/h2-4,9-10H,5-8,16H2,1H3,(H,17,18)/t10-/m1/s1. The monoisotopic (exact) mass is 282 g/mol. The molecule has 2 rings (SSSR count). The zero-order valence-electron chi connectivity index (χ0n) is 11.0. The average Bonchev–Trinajstić information content (AvgIpc) is 2.39. The predicted octanol–water partition coefficient (Wildman–Crippen LogP) is 2.03. The number of carbonyl (C=O) groups excluding carboxylic acids is 1. The highest BCUT2D eigenvalue weighted by molar-refractivity contribution is 6.30. The second-order valence-corrected chi connectivity index (χ2v) is 5.46. The molecule has 0 aromatic heterocycles. The van der Waals surface area contributed by atoms with Gasteiger partial charge in [-0.15, -0.1) is 0 Å². The summed E-state index contributed by atoms with van der Waals surface area (Å²) in [4.78, 5) is 12.3. The number of nitrogens with one attached hydrogen (secondary N) is 1. The second kappa shape index (κ2) is 5.90. The summed E-state index contributed by atoms with van der Waals surface area (Å²) in [6, 6.07) is 7.34. The Hall–Kier alpha value is -1.10. The SMILES string of the molecule is C[C@@H](NC(=O)C1(N)CCOCC1)c1cccc(Cl)c1. The summed E-state index contributed by atoms with van der Waals surface area (Å²) in [6.45, 7) is 3.00. The van der Waals surface area contributed by atoms with Gasteiger partial charge in [-0.2, -0.15) is 0 Å². The molecule has 1 aliphatic heterocycles. The molecule has 4 nitrogen and oxygen atoms in total. The van der Waals surface area contributed by atoms with E-state index in [9.17, 15) is 4.79 Å². The first-order chi connectivity index (χ1) is 9.01. The minimum Gasteiger partial charge on any atom is -0.381 e. The first-order valence-electron chi connectivity index (χ1n) is 6.44.